The highest BCUT2D eigenvalue weighted by atomic mass is 16.3. The van der Waals surface area contributed by atoms with Crippen molar-refractivity contribution in [3.8, 4) is 6.07 Å². The summed E-state index contributed by atoms with van der Waals surface area (Å²) in [5.41, 5.74) is 0.675. The molecule has 86 valence electrons. The molecule has 17 heavy (non-hydrogen) atoms. The van der Waals surface area contributed by atoms with Gasteiger partial charge in [-0.25, -0.2) is 0 Å². The third-order valence-corrected chi connectivity index (χ3v) is 2.72. The van der Waals surface area contributed by atoms with E-state index >= 15 is 0 Å². The van der Waals surface area contributed by atoms with Gasteiger partial charge in [0.1, 0.15) is 11.6 Å². The van der Waals surface area contributed by atoms with E-state index in [0.29, 0.717) is 5.58 Å². The lowest BCUT2D eigenvalue weighted by atomic mass is 10.2. The van der Waals surface area contributed by atoms with Crippen molar-refractivity contribution in [3.05, 3.63) is 36.1 Å². The molecule has 1 aromatic heterocycles. The van der Waals surface area contributed by atoms with E-state index in [1.165, 1.54) is 4.90 Å². The minimum Gasteiger partial charge on any atom is -0.451 e. The molecule has 0 saturated carbocycles. The summed E-state index contributed by atoms with van der Waals surface area (Å²) in [5, 5.41) is 9.65. The molecule has 4 nitrogen and oxygen atoms in total. The summed E-state index contributed by atoms with van der Waals surface area (Å²) in [4.78, 5) is 13.4. The number of hydrogen-bond donors (Lipinski definition) is 0. The van der Waals surface area contributed by atoms with Crippen LogP contribution in [0.5, 0.6) is 0 Å². The average molecular weight is 228 g/mol. The molecular formula is C13H12N2O2. The lowest BCUT2D eigenvalue weighted by Crippen LogP contribution is -2.33. The molecule has 1 atom stereocenters. The maximum absolute atomic E-state index is 12.0. The van der Waals surface area contributed by atoms with E-state index in [1.807, 2.05) is 24.3 Å². The number of nitriles is 1. The summed E-state index contributed by atoms with van der Waals surface area (Å²) < 4.78 is 5.44. The van der Waals surface area contributed by atoms with Gasteiger partial charge in [0.25, 0.3) is 5.91 Å². The zero-order valence-electron chi connectivity index (χ0n) is 9.68. The van der Waals surface area contributed by atoms with Gasteiger partial charge in [0.2, 0.25) is 0 Å². The molecule has 1 unspecified atom stereocenters. The van der Waals surface area contributed by atoms with Crippen molar-refractivity contribution < 1.29 is 9.21 Å². The quantitative estimate of drug-likeness (QED) is 0.793. The lowest BCUT2D eigenvalue weighted by molar-refractivity contribution is 0.0743. The molecule has 0 N–H and O–H groups in total. The number of hydrogen-bond acceptors (Lipinski definition) is 3. The second-order valence-electron chi connectivity index (χ2n) is 3.87. The molecule has 0 aliphatic carbocycles. The van der Waals surface area contributed by atoms with Gasteiger partial charge in [0.05, 0.1) is 6.07 Å². The third-order valence-electron chi connectivity index (χ3n) is 2.72. The number of carbonyl (C=O) groups is 1. The summed E-state index contributed by atoms with van der Waals surface area (Å²) in [5.74, 6) is -0.0222. The zero-order valence-corrected chi connectivity index (χ0v) is 9.68. The van der Waals surface area contributed by atoms with Crippen molar-refractivity contribution in [3.63, 3.8) is 0 Å². The fraction of sp³-hybridized carbons (Fsp3) is 0.231. The second kappa shape index (κ2) is 4.30. The molecule has 4 heteroatoms. The first-order valence-corrected chi connectivity index (χ1v) is 5.29. The third kappa shape index (κ3) is 2.00. The maximum Gasteiger partial charge on any atom is 0.290 e. The van der Waals surface area contributed by atoms with Gasteiger partial charge >= 0.3 is 0 Å². The van der Waals surface area contributed by atoms with E-state index in [9.17, 15) is 4.79 Å². The molecular weight excluding hydrogens is 216 g/mol. The molecule has 0 fully saturated rings. The number of carbonyl (C=O) groups excluding carboxylic acids is 1. The van der Waals surface area contributed by atoms with Crippen molar-refractivity contribution >= 4 is 16.9 Å². The molecule has 0 spiro atoms. The average Bonchev–Trinajstić information content (AvgIpc) is 2.79. The lowest BCUT2D eigenvalue weighted by Gasteiger charge is -2.17. The summed E-state index contributed by atoms with van der Waals surface area (Å²) in [7, 11) is 1.59. The predicted octanol–water partition coefficient (Wildman–Crippen LogP) is 2.42. The first-order chi connectivity index (χ1) is 8.13. The van der Waals surface area contributed by atoms with Crippen LogP contribution in [0.2, 0.25) is 0 Å². The molecule has 1 heterocycles. The Kier molecular flexibility index (Phi) is 2.84. The molecule has 0 saturated heterocycles. The highest BCUT2D eigenvalue weighted by Gasteiger charge is 2.20. The zero-order chi connectivity index (χ0) is 12.4. The van der Waals surface area contributed by atoms with Crippen molar-refractivity contribution in [2.24, 2.45) is 0 Å². The largest absolute Gasteiger partial charge is 0.451 e. The van der Waals surface area contributed by atoms with Crippen LogP contribution in [0.3, 0.4) is 0 Å². The molecule has 2 rings (SSSR count). The molecule has 1 amide bonds. The Balaban J connectivity index is 2.34. The summed E-state index contributed by atoms with van der Waals surface area (Å²) in [6, 6.07) is 10.6. The summed E-state index contributed by atoms with van der Waals surface area (Å²) in [6.45, 7) is 1.67. The number of amides is 1. The number of fused-ring (bicyclic) bond motifs is 1. The molecule has 0 radical (unpaired) electrons. The second-order valence-corrected chi connectivity index (χ2v) is 3.87. The maximum atomic E-state index is 12.0. The van der Waals surface area contributed by atoms with E-state index < -0.39 is 6.04 Å². The Morgan fingerprint density at radius 2 is 2.18 bits per heavy atom. The SMILES string of the molecule is CC(C#N)N(C)C(=O)c1cc2ccccc2o1. The Morgan fingerprint density at radius 1 is 1.47 bits per heavy atom. The van der Waals surface area contributed by atoms with Gasteiger partial charge in [-0.15, -0.1) is 0 Å². The highest BCUT2D eigenvalue weighted by molar-refractivity contribution is 5.96. The van der Waals surface area contributed by atoms with Crippen molar-refractivity contribution in [2.75, 3.05) is 7.05 Å². The number of furan rings is 1. The minimum absolute atomic E-state index is 0.260. The van der Waals surface area contributed by atoms with Gasteiger partial charge in [0.15, 0.2) is 5.76 Å². The fourth-order valence-corrected chi connectivity index (χ4v) is 1.52. The van der Waals surface area contributed by atoms with Crippen LogP contribution in [0.15, 0.2) is 34.7 Å². The van der Waals surface area contributed by atoms with Crippen LogP contribution in [0, 0.1) is 11.3 Å². The smallest absolute Gasteiger partial charge is 0.290 e. The van der Waals surface area contributed by atoms with Gasteiger partial charge in [-0.2, -0.15) is 5.26 Å². The Bertz CT molecular complexity index is 562. The van der Waals surface area contributed by atoms with Gasteiger partial charge in [0, 0.05) is 12.4 Å². The van der Waals surface area contributed by atoms with E-state index in [4.69, 9.17) is 9.68 Å². The van der Waals surface area contributed by atoms with Crippen LogP contribution in [-0.2, 0) is 0 Å². The first-order valence-electron chi connectivity index (χ1n) is 5.29. The predicted molar refractivity (Wildman–Crippen MR) is 63.4 cm³/mol. The standard InChI is InChI=1S/C13H12N2O2/c1-9(8-14)15(2)13(16)12-7-10-5-3-4-6-11(10)17-12/h3-7,9H,1-2H3. The molecule has 0 aliphatic heterocycles. The Labute approximate surface area is 99.0 Å². The van der Waals surface area contributed by atoms with Gasteiger partial charge in [-0.1, -0.05) is 18.2 Å². The molecule has 0 aliphatic rings. The molecule has 0 bridgehead atoms. The number of nitrogens with zero attached hydrogens (tertiary/aromatic N) is 2. The van der Waals surface area contributed by atoms with Gasteiger partial charge in [-0.3, -0.25) is 4.79 Å². The Morgan fingerprint density at radius 3 is 2.82 bits per heavy atom. The van der Waals surface area contributed by atoms with Crippen LogP contribution in [0.1, 0.15) is 17.5 Å². The van der Waals surface area contributed by atoms with Crippen molar-refractivity contribution in [1.82, 2.24) is 4.90 Å². The molecule has 1 aromatic carbocycles. The summed E-state index contributed by atoms with van der Waals surface area (Å²) in [6.07, 6.45) is 0. The van der Waals surface area contributed by atoms with E-state index in [0.717, 1.165) is 5.39 Å². The minimum atomic E-state index is -0.476. The van der Waals surface area contributed by atoms with Crippen molar-refractivity contribution in [1.29, 1.82) is 5.26 Å². The molecule has 2 aromatic rings. The Hall–Kier alpha value is -2.28. The number of para-hydroxylation sites is 1. The van der Waals surface area contributed by atoms with E-state index in [1.54, 1.807) is 26.1 Å². The van der Waals surface area contributed by atoms with Crippen molar-refractivity contribution in [2.45, 2.75) is 13.0 Å². The van der Waals surface area contributed by atoms with E-state index in [-0.39, 0.29) is 11.7 Å². The van der Waals surface area contributed by atoms with E-state index in [2.05, 4.69) is 0 Å². The first kappa shape index (κ1) is 11.2. The van der Waals surface area contributed by atoms with Crippen LogP contribution in [0.25, 0.3) is 11.0 Å². The van der Waals surface area contributed by atoms with Gasteiger partial charge < -0.3 is 9.32 Å². The highest BCUT2D eigenvalue weighted by Crippen LogP contribution is 2.20. The normalized spacial score (nSPS) is 12.1. The van der Waals surface area contributed by atoms with Crippen LogP contribution >= 0.6 is 0 Å². The monoisotopic (exact) mass is 228 g/mol. The van der Waals surface area contributed by atoms with Crippen LogP contribution in [-0.4, -0.2) is 23.9 Å². The number of rotatable bonds is 2. The topological polar surface area (TPSA) is 57.2 Å². The number of benzene rings is 1. The fourth-order valence-electron chi connectivity index (χ4n) is 1.52. The van der Waals surface area contributed by atoms with Crippen LogP contribution in [0.4, 0.5) is 0 Å². The summed E-state index contributed by atoms with van der Waals surface area (Å²) >= 11 is 0. The van der Waals surface area contributed by atoms with Gasteiger partial charge in [-0.05, 0) is 19.1 Å². The van der Waals surface area contributed by atoms with Crippen LogP contribution < -0.4 is 0 Å².